The number of amides is 1. The molecule has 1 amide bonds. The molecule has 2 atom stereocenters. The van der Waals surface area contributed by atoms with Crippen LogP contribution in [0.2, 0.25) is 10.0 Å². The lowest BCUT2D eigenvalue weighted by molar-refractivity contribution is -0.119. The van der Waals surface area contributed by atoms with Crippen molar-refractivity contribution in [2.75, 3.05) is 23.9 Å². The number of thiocarbonyl (C=S) groups is 1. The fourth-order valence-corrected chi connectivity index (χ4v) is 6.16. The Morgan fingerprint density at radius 3 is 2.58 bits per heavy atom. The molecule has 1 aliphatic heterocycles. The molecule has 1 saturated heterocycles. The van der Waals surface area contributed by atoms with Gasteiger partial charge in [0.05, 0.1) is 28.5 Å². The van der Waals surface area contributed by atoms with Crippen molar-refractivity contribution in [3.8, 4) is 5.69 Å². The summed E-state index contributed by atoms with van der Waals surface area (Å²) in [5.41, 5.74) is 7.41. The van der Waals surface area contributed by atoms with Crippen molar-refractivity contribution in [2.24, 2.45) is 0 Å². The van der Waals surface area contributed by atoms with Crippen molar-refractivity contribution in [3.05, 3.63) is 105 Å². The van der Waals surface area contributed by atoms with E-state index >= 15 is 0 Å². The highest BCUT2D eigenvalue weighted by atomic mass is 35.5. The third kappa shape index (κ3) is 5.32. The monoisotopic (exact) mass is 593 g/mol. The van der Waals surface area contributed by atoms with E-state index in [0.717, 1.165) is 45.3 Å². The molecule has 4 aromatic rings. The number of rotatable bonds is 7. The van der Waals surface area contributed by atoms with Crippen LogP contribution in [-0.2, 0) is 9.53 Å². The first-order chi connectivity index (χ1) is 19.2. The quantitative estimate of drug-likeness (QED) is 0.228. The van der Waals surface area contributed by atoms with Gasteiger partial charge in [0, 0.05) is 41.1 Å². The summed E-state index contributed by atoms with van der Waals surface area (Å²) in [4.78, 5) is 18.9. The molecule has 2 N–H and O–H groups in total. The molecule has 0 bridgehead atoms. The van der Waals surface area contributed by atoms with Gasteiger partial charge in [0.2, 0.25) is 5.91 Å². The second-order valence-corrected chi connectivity index (χ2v) is 11.0. The van der Waals surface area contributed by atoms with Crippen LogP contribution in [0.15, 0.2) is 66.9 Å². The number of hydrogen-bond donors (Lipinski definition) is 2. The summed E-state index contributed by atoms with van der Waals surface area (Å²) >= 11 is 18.8. The standard InChI is InChI=1S/C30H29Cl2N5O2S/c1-17-13-21(9-10-24(17)34-27(38)16-39-4)37-29(28(35-30(37)40)25-7-5-6-12-33-25)22-14-18(2)36(19(22)3)26-11-8-20(31)15-23(26)32/h5-15,28-29H,16H2,1-4H3,(H,34,38)(H,35,40)/t28-,29-/m1/s1. The zero-order valence-corrected chi connectivity index (χ0v) is 24.9. The smallest absolute Gasteiger partial charge is 0.250 e. The number of benzene rings is 2. The Labute approximate surface area is 249 Å². The number of pyridine rings is 1. The topological polar surface area (TPSA) is 71.4 Å². The van der Waals surface area contributed by atoms with Gasteiger partial charge in [-0.05, 0) is 98.7 Å². The van der Waals surface area contributed by atoms with Crippen LogP contribution < -0.4 is 15.5 Å². The Kier molecular flexibility index (Phi) is 8.14. The number of hydrogen-bond acceptors (Lipinski definition) is 4. The fourth-order valence-electron chi connectivity index (χ4n) is 5.32. The second-order valence-electron chi connectivity index (χ2n) is 9.73. The van der Waals surface area contributed by atoms with E-state index in [0.29, 0.717) is 15.2 Å². The van der Waals surface area contributed by atoms with Crippen molar-refractivity contribution < 1.29 is 9.53 Å². The van der Waals surface area contributed by atoms with Gasteiger partial charge in [-0.1, -0.05) is 29.3 Å². The molecule has 0 radical (unpaired) electrons. The number of methoxy groups -OCH3 is 1. The summed E-state index contributed by atoms with van der Waals surface area (Å²) in [5, 5.41) is 8.16. The van der Waals surface area contributed by atoms with Crippen molar-refractivity contribution in [1.29, 1.82) is 0 Å². The van der Waals surface area contributed by atoms with E-state index in [2.05, 4.69) is 45.0 Å². The Morgan fingerprint density at radius 1 is 1.10 bits per heavy atom. The Hall–Kier alpha value is -3.43. The van der Waals surface area contributed by atoms with Gasteiger partial charge in [-0.2, -0.15) is 0 Å². The van der Waals surface area contributed by atoms with Gasteiger partial charge in [-0.3, -0.25) is 9.78 Å². The molecular weight excluding hydrogens is 565 g/mol. The van der Waals surface area contributed by atoms with Crippen molar-refractivity contribution in [1.82, 2.24) is 14.9 Å². The highest BCUT2D eigenvalue weighted by Crippen LogP contribution is 2.44. The number of nitrogens with one attached hydrogen (secondary N) is 2. The molecule has 7 nitrogen and oxygen atoms in total. The number of carbonyl (C=O) groups is 1. The molecule has 10 heteroatoms. The van der Waals surface area contributed by atoms with Gasteiger partial charge >= 0.3 is 0 Å². The third-order valence-electron chi connectivity index (χ3n) is 7.08. The van der Waals surface area contributed by atoms with Crippen molar-refractivity contribution in [2.45, 2.75) is 32.9 Å². The summed E-state index contributed by atoms with van der Waals surface area (Å²) in [5.74, 6) is -0.210. The van der Waals surface area contributed by atoms with E-state index in [-0.39, 0.29) is 24.6 Å². The fraction of sp³-hybridized carbons (Fsp3) is 0.233. The van der Waals surface area contributed by atoms with Crippen LogP contribution in [0.25, 0.3) is 5.69 Å². The minimum atomic E-state index is -0.210. The number of nitrogens with zero attached hydrogens (tertiary/aromatic N) is 3. The number of aryl methyl sites for hydroxylation is 2. The Balaban J connectivity index is 1.62. The van der Waals surface area contributed by atoms with Crippen LogP contribution in [0.4, 0.5) is 11.4 Å². The summed E-state index contributed by atoms with van der Waals surface area (Å²) in [6.45, 7) is 6.09. The molecule has 1 aliphatic rings. The minimum absolute atomic E-state index is 0.0115. The van der Waals surface area contributed by atoms with Gasteiger partial charge < -0.3 is 24.8 Å². The first-order valence-electron chi connectivity index (χ1n) is 12.7. The SMILES string of the molecule is COCC(=O)Nc1ccc(N2C(=S)N[C@H](c3ccccn3)[C@H]2c2cc(C)n(-c3ccc(Cl)cc3Cl)c2C)cc1C. The van der Waals surface area contributed by atoms with Crippen LogP contribution >= 0.6 is 35.4 Å². The van der Waals surface area contributed by atoms with Gasteiger partial charge in [-0.15, -0.1) is 0 Å². The molecule has 1 fully saturated rings. The number of aromatic nitrogens is 2. The van der Waals surface area contributed by atoms with Crippen molar-refractivity contribution in [3.63, 3.8) is 0 Å². The molecular formula is C30H29Cl2N5O2S. The lowest BCUT2D eigenvalue weighted by atomic mass is 9.96. The highest BCUT2D eigenvalue weighted by molar-refractivity contribution is 7.80. The van der Waals surface area contributed by atoms with E-state index < -0.39 is 0 Å². The van der Waals surface area contributed by atoms with Gasteiger partial charge in [-0.25, -0.2) is 0 Å². The number of halogens is 2. The van der Waals surface area contributed by atoms with Gasteiger partial charge in [0.15, 0.2) is 5.11 Å². The van der Waals surface area contributed by atoms with Gasteiger partial charge in [0.25, 0.3) is 0 Å². The zero-order valence-electron chi connectivity index (χ0n) is 22.5. The summed E-state index contributed by atoms with van der Waals surface area (Å²) in [6, 6.07) is 19.1. The lowest BCUT2D eigenvalue weighted by Gasteiger charge is -2.29. The Morgan fingerprint density at radius 2 is 1.90 bits per heavy atom. The number of ether oxygens (including phenoxy) is 1. The average molecular weight is 595 g/mol. The summed E-state index contributed by atoms with van der Waals surface area (Å²) in [6.07, 6.45) is 1.79. The van der Waals surface area contributed by atoms with Crippen LogP contribution in [0.5, 0.6) is 0 Å². The largest absolute Gasteiger partial charge is 0.375 e. The molecule has 2 aromatic heterocycles. The average Bonchev–Trinajstić information content (AvgIpc) is 3.41. The maximum absolute atomic E-state index is 12.1. The molecule has 0 saturated carbocycles. The molecule has 3 heterocycles. The number of anilines is 2. The third-order valence-corrected chi connectivity index (χ3v) is 7.93. The predicted octanol–water partition coefficient (Wildman–Crippen LogP) is 6.87. The van der Waals surface area contributed by atoms with E-state index in [1.165, 1.54) is 7.11 Å². The van der Waals surface area contributed by atoms with Crippen LogP contribution in [0, 0.1) is 20.8 Å². The molecule has 2 aromatic carbocycles. The molecule has 0 unspecified atom stereocenters. The van der Waals surface area contributed by atoms with E-state index in [1.54, 1.807) is 12.3 Å². The summed E-state index contributed by atoms with van der Waals surface area (Å²) in [7, 11) is 1.49. The van der Waals surface area contributed by atoms with E-state index in [4.69, 9.17) is 40.2 Å². The van der Waals surface area contributed by atoms with Crippen LogP contribution in [0.1, 0.15) is 40.3 Å². The maximum Gasteiger partial charge on any atom is 0.250 e. The maximum atomic E-state index is 12.1. The zero-order chi connectivity index (χ0) is 28.6. The Bertz CT molecular complexity index is 1590. The van der Waals surface area contributed by atoms with Crippen LogP contribution in [0.3, 0.4) is 0 Å². The molecule has 206 valence electrons. The predicted molar refractivity (Wildman–Crippen MR) is 165 cm³/mol. The molecule has 0 aliphatic carbocycles. The van der Waals surface area contributed by atoms with Crippen molar-refractivity contribution >= 4 is 57.8 Å². The number of carbonyl (C=O) groups excluding carboxylic acids is 1. The summed E-state index contributed by atoms with van der Waals surface area (Å²) < 4.78 is 7.09. The highest BCUT2D eigenvalue weighted by Gasteiger charge is 2.42. The molecule has 0 spiro atoms. The van der Waals surface area contributed by atoms with Gasteiger partial charge in [0.1, 0.15) is 6.61 Å². The van der Waals surface area contributed by atoms with E-state index in [9.17, 15) is 4.79 Å². The molecule has 5 rings (SSSR count). The first-order valence-corrected chi connectivity index (χ1v) is 13.9. The lowest BCUT2D eigenvalue weighted by Crippen LogP contribution is -2.29. The minimum Gasteiger partial charge on any atom is -0.375 e. The normalized spacial score (nSPS) is 16.8. The second kappa shape index (κ2) is 11.6. The molecule has 40 heavy (non-hydrogen) atoms. The van der Waals surface area contributed by atoms with E-state index in [1.807, 2.05) is 55.5 Å². The van der Waals surface area contributed by atoms with Crippen LogP contribution in [-0.4, -0.2) is 34.3 Å². The first kappa shape index (κ1) is 28.1.